The van der Waals surface area contributed by atoms with Gasteiger partial charge in [-0.25, -0.2) is 0 Å². The normalized spacial score (nSPS) is 10.2. The summed E-state index contributed by atoms with van der Waals surface area (Å²) < 4.78 is 0. The van der Waals surface area contributed by atoms with Gasteiger partial charge in [0.2, 0.25) is 0 Å². The zero-order valence-electron chi connectivity index (χ0n) is 7.72. The summed E-state index contributed by atoms with van der Waals surface area (Å²) in [6.45, 7) is 4.01. The van der Waals surface area contributed by atoms with Gasteiger partial charge in [0.05, 0.1) is 5.69 Å². The molecule has 0 aromatic carbocycles. The second-order valence-corrected chi connectivity index (χ2v) is 3.73. The van der Waals surface area contributed by atoms with Crippen LogP contribution in [0.1, 0.15) is 16.8 Å². The molecule has 0 fully saturated rings. The number of rotatable bonds is 2. The lowest BCUT2D eigenvalue weighted by atomic mass is 10.1. The number of aryl methyl sites for hydroxylation is 1. The minimum atomic E-state index is 0.883. The molecule has 0 spiro atoms. The third-order valence-corrected chi connectivity index (χ3v) is 2.52. The van der Waals surface area contributed by atoms with E-state index in [-0.39, 0.29) is 0 Å². The van der Waals surface area contributed by atoms with Crippen molar-refractivity contribution in [1.29, 1.82) is 0 Å². The number of pyridine rings is 1. The zero-order valence-corrected chi connectivity index (χ0v) is 8.53. The molecule has 12 heavy (non-hydrogen) atoms. The van der Waals surface area contributed by atoms with E-state index in [9.17, 15) is 0 Å². The van der Waals surface area contributed by atoms with Gasteiger partial charge < -0.3 is 5.73 Å². The first-order valence-corrected chi connectivity index (χ1v) is 5.25. The van der Waals surface area contributed by atoms with Crippen molar-refractivity contribution in [2.75, 3.05) is 12.0 Å². The van der Waals surface area contributed by atoms with Gasteiger partial charge in [0, 0.05) is 17.6 Å². The molecule has 0 unspecified atom stereocenters. The van der Waals surface area contributed by atoms with E-state index in [1.807, 2.05) is 20.0 Å². The predicted molar refractivity (Wildman–Crippen MR) is 55.3 cm³/mol. The molecule has 0 aliphatic heterocycles. The van der Waals surface area contributed by atoms with Crippen LogP contribution < -0.4 is 5.73 Å². The summed E-state index contributed by atoms with van der Waals surface area (Å²) in [7, 11) is 0. The molecule has 0 aliphatic carbocycles. The Morgan fingerprint density at radius 3 is 2.75 bits per heavy atom. The molecule has 1 aromatic heterocycles. The van der Waals surface area contributed by atoms with Crippen molar-refractivity contribution < 1.29 is 0 Å². The molecule has 0 radical (unpaired) electrons. The molecule has 1 heterocycles. The Hall–Kier alpha value is -0.700. The number of hydrogen-bond acceptors (Lipinski definition) is 3. The van der Waals surface area contributed by atoms with E-state index in [4.69, 9.17) is 5.73 Å². The van der Waals surface area contributed by atoms with Crippen LogP contribution in [-0.2, 0) is 5.75 Å². The van der Waals surface area contributed by atoms with E-state index in [0.29, 0.717) is 0 Å². The third-order valence-electron chi connectivity index (χ3n) is 1.96. The van der Waals surface area contributed by atoms with Crippen molar-refractivity contribution in [3.05, 3.63) is 23.0 Å². The maximum Gasteiger partial charge on any atom is 0.0552 e. The van der Waals surface area contributed by atoms with E-state index < -0.39 is 0 Å². The first-order valence-electron chi connectivity index (χ1n) is 3.86. The predicted octanol–water partition coefficient (Wildman–Crippen LogP) is 2.14. The van der Waals surface area contributed by atoms with Gasteiger partial charge in [-0.15, -0.1) is 0 Å². The molecule has 0 saturated carbocycles. The number of hydrogen-bond donors (Lipinski definition) is 1. The van der Waals surface area contributed by atoms with E-state index in [1.54, 1.807) is 11.8 Å². The standard InChI is InChI=1S/C9H14N2S/c1-6-4-11-8(5-12-3)7(2)9(6)10/h4H,5H2,1-3H3,(H2,10,11). The Labute approximate surface area is 77.6 Å². The lowest BCUT2D eigenvalue weighted by Crippen LogP contribution is -2.00. The van der Waals surface area contributed by atoms with Crippen LogP contribution in [0.15, 0.2) is 6.20 Å². The smallest absolute Gasteiger partial charge is 0.0552 e. The monoisotopic (exact) mass is 182 g/mol. The Bertz CT molecular complexity index is 284. The van der Waals surface area contributed by atoms with Crippen molar-refractivity contribution in [2.45, 2.75) is 19.6 Å². The number of anilines is 1. The fraction of sp³-hybridized carbons (Fsp3) is 0.444. The molecule has 0 amide bonds. The highest BCUT2D eigenvalue weighted by atomic mass is 32.2. The van der Waals surface area contributed by atoms with Crippen LogP contribution in [0.25, 0.3) is 0 Å². The maximum absolute atomic E-state index is 5.86. The Kier molecular flexibility index (Phi) is 2.98. The highest BCUT2D eigenvalue weighted by Crippen LogP contribution is 2.20. The van der Waals surface area contributed by atoms with Crippen LogP contribution in [0.3, 0.4) is 0 Å². The molecular weight excluding hydrogens is 168 g/mol. The van der Waals surface area contributed by atoms with Crippen molar-refractivity contribution in [3.8, 4) is 0 Å². The first kappa shape index (κ1) is 9.39. The van der Waals surface area contributed by atoms with Crippen LogP contribution in [0.2, 0.25) is 0 Å². The van der Waals surface area contributed by atoms with Crippen LogP contribution in [-0.4, -0.2) is 11.2 Å². The fourth-order valence-corrected chi connectivity index (χ4v) is 1.64. The van der Waals surface area contributed by atoms with Gasteiger partial charge in [0.15, 0.2) is 0 Å². The molecule has 0 saturated heterocycles. The van der Waals surface area contributed by atoms with E-state index in [0.717, 1.165) is 28.3 Å². The topological polar surface area (TPSA) is 38.9 Å². The van der Waals surface area contributed by atoms with Gasteiger partial charge in [-0.1, -0.05) is 0 Å². The molecule has 66 valence electrons. The molecule has 3 heteroatoms. The zero-order chi connectivity index (χ0) is 9.14. The van der Waals surface area contributed by atoms with Crippen molar-refractivity contribution in [2.24, 2.45) is 0 Å². The minimum Gasteiger partial charge on any atom is -0.398 e. The number of nitrogen functional groups attached to an aromatic ring is 1. The van der Waals surface area contributed by atoms with E-state index in [2.05, 4.69) is 11.2 Å². The van der Waals surface area contributed by atoms with Crippen LogP contribution in [0.4, 0.5) is 5.69 Å². The quantitative estimate of drug-likeness (QED) is 0.761. The Morgan fingerprint density at radius 1 is 1.50 bits per heavy atom. The fourth-order valence-electron chi connectivity index (χ4n) is 1.07. The van der Waals surface area contributed by atoms with Crippen molar-refractivity contribution >= 4 is 17.4 Å². The molecule has 0 bridgehead atoms. The third kappa shape index (κ3) is 1.72. The number of nitrogens with two attached hydrogens (primary N) is 1. The van der Waals surface area contributed by atoms with Gasteiger partial charge in [-0.3, -0.25) is 4.98 Å². The summed E-state index contributed by atoms with van der Waals surface area (Å²) >= 11 is 1.77. The van der Waals surface area contributed by atoms with E-state index in [1.165, 1.54) is 0 Å². The van der Waals surface area contributed by atoms with Crippen LogP contribution in [0.5, 0.6) is 0 Å². The lowest BCUT2D eigenvalue weighted by Gasteiger charge is -2.08. The average Bonchev–Trinajstić information content (AvgIpc) is 2.07. The first-order chi connectivity index (χ1) is 5.66. The Morgan fingerprint density at radius 2 is 2.17 bits per heavy atom. The summed E-state index contributed by atoms with van der Waals surface area (Å²) in [5.74, 6) is 0.941. The highest BCUT2D eigenvalue weighted by molar-refractivity contribution is 7.97. The van der Waals surface area contributed by atoms with Crippen LogP contribution >= 0.6 is 11.8 Å². The van der Waals surface area contributed by atoms with Gasteiger partial charge in [0.1, 0.15) is 0 Å². The van der Waals surface area contributed by atoms with Crippen molar-refractivity contribution in [3.63, 3.8) is 0 Å². The highest BCUT2D eigenvalue weighted by Gasteiger charge is 2.04. The van der Waals surface area contributed by atoms with Gasteiger partial charge in [0.25, 0.3) is 0 Å². The van der Waals surface area contributed by atoms with Gasteiger partial charge in [-0.2, -0.15) is 11.8 Å². The summed E-state index contributed by atoms with van der Waals surface area (Å²) in [6, 6.07) is 0. The summed E-state index contributed by atoms with van der Waals surface area (Å²) in [5, 5.41) is 0. The number of thioether (sulfide) groups is 1. The molecule has 0 aliphatic rings. The molecule has 0 atom stereocenters. The van der Waals surface area contributed by atoms with Gasteiger partial charge >= 0.3 is 0 Å². The minimum absolute atomic E-state index is 0.883. The number of nitrogens with zero attached hydrogens (tertiary/aromatic N) is 1. The molecule has 1 aromatic rings. The molecular formula is C9H14N2S. The molecule has 2 N–H and O–H groups in total. The maximum atomic E-state index is 5.86. The lowest BCUT2D eigenvalue weighted by molar-refractivity contribution is 1.11. The van der Waals surface area contributed by atoms with Crippen LogP contribution in [0, 0.1) is 13.8 Å². The van der Waals surface area contributed by atoms with Gasteiger partial charge in [-0.05, 0) is 31.2 Å². The second kappa shape index (κ2) is 3.81. The second-order valence-electron chi connectivity index (χ2n) is 2.86. The van der Waals surface area contributed by atoms with Crippen molar-refractivity contribution in [1.82, 2.24) is 4.98 Å². The summed E-state index contributed by atoms with van der Waals surface area (Å²) in [4.78, 5) is 4.33. The average molecular weight is 182 g/mol. The summed E-state index contributed by atoms with van der Waals surface area (Å²) in [5.41, 5.74) is 10.0. The largest absolute Gasteiger partial charge is 0.398 e. The molecule has 1 rings (SSSR count). The van der Waals surface area contributed by atoms with E-state index >= 15 is 0 Å². The number of aromatic nitrogens is 1. The Balaban J connectivity index is 3.08. The summed E-state index contributed by atoms with van der Waals surface area (Å²) in [6.07, 6.45) is 3.91. The molecule has 2 nitrogen and oxygen atoms in total. The SMILES string of the molecule is CSCc1ncc(C)c(N)c1C.